The average molecular weight is 261 g/mol. The summed E-state index contributed by atoms with van der Waals surface area (Å²) in [4.78, 5) is 25.0. The van der Waals surface area contributed by atoms with Crippen LogP contribution in [0.25, 0.3) is 0 Å². The fourth-order valence-corrected chi connectivity index (χ4v) is 2.66. The zero-order valence-electron chi connectivity index (χ0n) is 11.3. The number of carboxylic acid groups (broad SMARTS) is 1. The number of fused-ring (bicyclic) bond motifs is 1. The predicted octanol–water partition coefficient (Wildman–Crippen LogP) is 2.78. The summed E-state index contributed by atoms with van der Waals surface area (Å²) in [6, 6.07) is 7.78. The number of amides is 1. The molecule has 19 heavy (non-hydrogen) atoms. The standard InChI is InChI=1S/C15H19NO3/c1-3-10(2)16-13-7-5-4-6-12(13)11(8-14(16)17)9-15(18)19/h4-7,10-11H,3,8-9H2,1-2H3,(H,18,19). The average Bonchev–Trinajstić information content (AvgIpc) is 2.37. The van der Waals surface area contributed by atoms with E-state index in [2.05, 4.69) is 0 Å². The fourth-order valence-electron chi connectivity index (χ4n) is 2.66. The van der Waals surface area contributed by atoms with Crippen LogP contribution in [0.15, 0.2) is 24.3 Å². The number of anilines is 1. The van der Waals surface area contributed by atoms with Crippen LogP contribution in [0, 0.1) is 0 Å². The molecule has 0 saturated carbocycles. The quantitative estimate of drug-likeness (QED) is 0.906. The van der Waals surface area contributed by atoms with Gasteiger partial charge in [-0.3, -0.25) is 9.59 Å². The molecular formula is C15H19NO3. The van der Waals surface area contributed by atoms with Crippen molar-refractivity contribution < 1.29 is 14.7 Å². The molecule has 0 aromatic heterocycles. The molecule has 1 aromatic carbocycles. The molecule has 4 heteroatoms. The molecule has 0 spiro atoms. The third-order valence-corrected chi connectivity index (χ3v) is 3.78. The molecule has 0 bridgehead atoms. The Morgan fingerprint density at radius 1 is 1.47 bits per heavy atom. The van der Waals surface area contributed by atoms with Crippen molar-refractivity contribution >= 4 is 17.6 Å². The number of aliphatic carboxylic acids is 1. The zero-order chi connectivity index (χ0) is 14.0. The second-order valence-corrected chi connectivity index (χ2v) is 5.08. The lowest BCUT2D eigenvalue weighted by Gasteiger charge is -2.37. The summed E-state index contributed by atoms with van der Waals surface area (Å²) in [6.45, 7) is 4.07. The van der Waals surface area contributed by atoms with Crippen molar-refractivity contribution in [1.29, 1.82) is 0 Å². The minimum absolute atomic E-state index is 0.0110. The minimum Gasteiger partial charge on any atom is -0.481 e. The number of nitrogens with zero attached hydrogens (tertiary/aromatic N) is 1. The normalized spacial score (nSPS) is 20.0. The highest BCUT2D eigenvalue weighted by atomic mass is 16.4. The van der Waals surface area contributed by atoms with Gasteiger partial charge in [0.05, 0.1) is 6.42 Å². The van der Waals surface area contributed by atoms with Crippen molar-refractivity contribution in [3.05, 3.63) is 29.8 Å². The topological polar surface area (TPSA) is 57.6 Å². The van der Waals surface area contributed by atoms with Crippen molar-refractivity contribution in [3.63, 3.8) is 0 Å². The third kappa shape index (κ3) is 2.62. The molecule has 1 aromatic rings. The van der Waals surface area contributed by atoms with E-state index in [0.717, 1.165) is 17.7 Å². The Hall–Kier alpha value is -1.84. The molecule has 4 nitrogen and oxygen atoms in total. The summed E-state index contributed by atoms with van der Waals surface area (Å²) in [5, 5.41) is 8.97. The highest BCUT2D eigenvalue weighted by molar-refractivity contribution is 5.98. The number of carbonyl (C=O) groups excluding carboxylic acids is 1. The van der Waals surface area contributed by atoms with E-state index in [0.29, 0.717) is 0 Å². The molecule has 2 rings (SSSR count). The molecule has 2 atom stereocenters. The van der Waals surface area contributed by atoms with E-state index in [-0.39, 0.29) is 30.7 Å². The lowest BCUT2D eigenvalue weighted by molar-refractivity contribution is -0.137. The maximum absolute atomic E-state index is 12.3. The van der Waals surface area contributed by atoms with Gasteiger partial charge in [-0.25, -0.2) is 0 Å². The Balaban J connectivity index is 2.42. The summed E-state index contributed by atoms with van der Waals surface area (Å²) in [7, 11) is 0. The van der Waals surface area contributed by atoms with Gasteiger partial charge in [0.15, 0.2) is 0 Å². The highest BCUT2D eigenvalue weighted by Crippen LogP contribution is 2.38. The summed E-state index contributed by atoms with van der Waals surface area (Å²) in [5.41, 5.74) is 1.85. The van der Waals surface area contributed by atoms with Gasteiger partial charge in [0.25, 0.3) is 0 Å². The van der Waals surface area contributed by atoms with Crippen LogP contribution < -0.4 is 4.90 Å². The monoisotopic (exact) mass is 261 g/mol. The molecular weight excluding hydrogens is 242 g/mol. The number of hydrogen-bond donors (Lipinski definition) is 1. The first-order valence-electron chi connectivity index (χ1n) is 6.67. The summed E-state index contributed by atoms with van der Waals surface area (Å²) in [5.74, 6) is -1.04. The molecule has 1 N–H and O–H groups in total. The first-order chi connectivity index (χ1) is 9.04. The molecule has 1 aliphatic rings. The smallest absolute Gasteiger partial charge is 0.303 e. The first kappa shape index (κ1) is 13.6. The van der Waals surface area contributed by atoms with E-state index in [1.165, 1.54) is 0 Å². The number of rotatable bonds is 4. The second kappa shape index (κ2) is 5.43. The molecule has 102 valence electrons. The van der Waals surface area contributed by atoms with E-state index in [4.69, 9.17) is 5.11 Å². The van der Waals surface area contributed by atoms with Crippen molar-refractivity contribution in [3.8, 4) is 0 Å². The van der Waals surface area contributed by atoms with Gasteiger partial charge in [-0.1, -0.05) is 25.1 Å². The van der Waals surface area contributed by atoms with Crippen LogP contribution >= 0.6 is 0 Å². The predicted molar refractivity (Wildman–Crippen MR) is 73.3 cm³/mol. The Kier molecular flexibility index (Phi) is 3.88. The molecule has 1 heterocycles. The summed E-state index contributed by atoms with van der Waals surface area (Å²) < 4.78 is 0. The summed E-state index contributed by atoms with van der Waals surface area (Å²) >= 11 is 0. The molecule has 2 unspecified atom stereocenters. The number of benzene rings is 1. The van der Waals surface area contributed by atoms with Gasteiger partial charge in [-0.15, -0.1) is 0 Å². The van der Waals surface area contributed by atoms with Crippen LogP contribution in [0.1, 0.15) is 44.6 Å². The van der Waals surface area contributed by atoms with Gasteiger partial charge >= 0.3 is 5.97 Å². The Morgan fingerprint density at radius 2 is 2.16 bits per heavy atom. The lowest BCUT2D eigenvalue weighted by Crippen LogP contribution is -2.42. The van der Waals surface area contributed by atoms with Gasteiger partial charge in [0, 0.05) is 24.1 Å². The van der Waals surface area contributed by atoms with Crippen LogP contribution in [-0.2, 0) is 9.59 Å². The van der Waals surface area contributed by atoms with Gasteiger partial charge in [0.1, 0.15) is 0 Å². The van der Waals surface area contributed by atoms with E-state index < -0.39 is 5.97 Å². The lowest BCUT2D eigenvalue weighted by atomic mass is 9.86. The largest absolute Gasteiger partial charge is 0.481 e. The highest BCUT2D eigenvalue weighted by Gasteiger charge is 2.33. The first-order valence-corrected chi connectivity index (χ1v) is 6.67. The van der Waals surface area contributed by atoms with E-state index in [1.54, 1.807) is 0 Å². The minimum atomic E-state index is -0.857. The molecule has 0 fully saturated rings. The van der Waals surface area contributed by atoms with Crippen LogP contribution in [0.4, 0.5) is 5.69 Å². The maximum atomic E-state index is 12.3. The second-order valence-electron chi connectivity index (χ2n) is 5.08. The van der Waals surface area contributed by atoms with E-state index in [1.807, 2.05) is 43.0 Å². The Morgan fingerprint density at radius 3 is 2.79 bits per heavy atom. The molecule has 0 radical (unpaired) electrons. The SMILES string of the molecule is CCC(C)N1C(=O)CC(CC(=O)O)c2ccccc21. The van der Waals surface area contributed by atoms with Crippen LogP contribution in [0.5, 0.6) is 0 Å². The van der Waals surface area contributed by atoms with E-state index in [9.17, 15) is 9.59 Å². The van der Waals surface area contributed by atoms with Gasteiger partial charge in [-0.05, 0) is 25.0 Å². The van der Waals surface area contributed by atoms with Crippen LogP contribution in [-0.4, -0.2) is 23.0 Å². The molecule has 1 aliphatic heterocycles. The molecule has 0 saturated heterocycles. The van der Waals surface area contributed by atoms with Gasteiger partial charge < -0.3 is 10.0 Å². The maximum Gasteiger partial charge on any atom is 0.303 e. The fraction of sp³-hybridized carbons (Fsp3) is 0.467. The van der Waals surface area contributed by atoms with Gasteiger partial charge in [-0.2, -0.15) is 0 Å². The van der Waals surface area contributed by atoms with Crippen molar-refractivity contribution in [2.75, 3.05) is 4.90 Å². The molecule has 1 amide bonds. The Labute approximate surface area is 113 Å². The van der Waals surface area contributed by atoms with E-state index >= 15 is 0 Å². The van der Waals surface area contributed by atoms with Crippen LogP contribution in [0.2, 0.25) is 0 Å². The number of hydrogen-bond acceptors (Lipinski definition) is 2. The Bertz CT molecular complexity index is 498. The van der Waals surface area contributed by atoms with Crippen molar-refractivity contribution in [2.24, 2.45) is 0 Å². The number of para-hydroxylation sites is 1. The van der Waals surface area contributed by atoms with Crippen molar-refractivity contribution in [2.45, 2.75) is 45.1 Å². The zero-order valence-corrected chi connectivity index (χ0v) is 11.3. The van der Waals surface area contributed by atoms with Gasteiger partial charge in [0.2, 0.25) is 5.91 Å². The van der Waals surface area contributed by atoms with Crippen LogP contribution in [0.3, 0.4) is 0 Å². The third-order valence-electron chi connectivity index (χ3n) is 3.78. The molecule has 0 aliphatic carbocycles. The number of carbonyl (C=O) groups is 2. The summed E-state index contributed by atoms with van der Waals surface area (Å²) in [6.07, 6.45) is 1.18. The van der Waals surface area contributed by atoms with Crippen molar-refractivity contribution in [1.82, 2.24) is 0 Å². The number of carboxylic acids is 1.